The van der Waals surface area contributed by atoms with Crippen LogP contribution in [0.2, 0.25) is 0 Å². The van der Waals surface area contributed by atoms with Gasteiger partial charge in [-0.25, -0.2) is 4.98 Å². The summed E-state index contributed by atoms with van der Waals surface area (Å²) in [5.41, 5.74) is 3.89. The largest absolute Gasteiger partial charge is 0.588 e. The fourth-order valence-corrected chi connectivity index (χ4v) is 4.82. The molecule has 2 aromatic heterocycles. The molecule has 0 amide bonds. The van der Waals surface area contributed by atoms with Crippen LogP contribution >= 0.6 is 0 Å². The van der Waals surface area contributed by atoms with Crippen LogP contribution in [0.4, 0.5) is 17.2 Å². The molecule has 32 heavy (non-hydrogen) atoms. The number of nitrogens with one attached hydrogen (secondary N) is 2. The van der Waals surface area contributed by atoms with Gasteiger partial charge in [-0.1, -0.05) is 18.2 Å². The van der Waals surface area contributed by atoms with Crippen LogP contribution in [0.3, 0.4) is 0 Å². The summed E-state index contributed by atoms with van der Waals surface area (Å²) in [6, 6.07) is 14.3. The summed E-state index contributed by atoms with van der Waals surface area (Å²) >= 11 is -1.39. The Labute approximate surface area is 193 Å². The van der Waals surface area contributed by atoms with E-state index in [1.807, 2.05) is 33.0 Å². The molecule has 1 unspecified atom stereocenters. The molecule has 1 fully saturated rings. The van der Waals surface area contributed by atoms with Gasteiger partial charge < -0.3 is 14.8 Å². The minimum Gasteiger partial charge on any atom is -0.588 e. The number of benzene rings is 1. The van der Waals surface area contributed by atoms with Gasteiger partial charge in [0.25, 0.3) is 0 Å². The van der Waals surface area contributed by atoms with Crippen LogP contribution in [0.15, 0.2) is 53.6 Å². The normalized spacial score (nSPS) is 15.6. The third-order valence-electron chi connectivity index (χ3n) is 5.88. The van der Waals surface area contributed by atoms with Crippen LogP contribution in [0.25, 0.3) is 0 Å². The predicted molar refractivity (Wildman–Crippen MR) is 131 cm³/mol. The molecule has 1 saturated heterocycles. The lowest BCUT2D eigenvalue weighted by Gasteiger charge is -2.36. The lowest BCUT2D eigenvalue weighted by Crippen LogP contribution is -2.47. The van der Waals surface area contributed by atoms with E-state index in [2.05, 4.69) is 60.3 Å². The van der Waals surface area contributed by atoms with Crippen LogP contribution in [0.5, 0.6) is 0 Å². The van der Waals surface area contributed by atoms with Crippen LogP contribution in [0, 0.1) is 13.8 Å². The van der Waals surface area contributed by atoms with Crippen LogP contribution in [0.1, 0.15) is 11.4 Å². The van der Waals surface area contributed by atoms with Crippen LogP contribution in [-0.2, 0) is 18.4 Å². The average molecular weight is 454 g/mol. The Hall–Kier alpha value is -2.75. The van der Waals surface area contributed by atoms with E-state index in [0.29, 0.717) is 4.90 Å². The quantitative estimate of drug-likeness (QED) is 0.508. The third-order valence-corrected chi connectivity index (χ3v) is 6.94. The molecule has 0 saturated carbocycles. The zero-order valence-corrected chi connectivity index (χ0v) is 19.7. The van der Waals surface area contributed by atoms with E-state index < -0.39 is 11.4 Å². The van der Waals surface area contributed by atoms with Crippen molar-refractivity contribution in [2.24, 2.45) is 7.05 Å². The lowest BCUT2D eigenvalue weighted by molar-refractivity contribution is 0.267. The van der Waals surface area contributed by atoms with Crippen molar-refractivity contribution in [3.63, 3.8) is 0 Å². The minimum atomic E-state index is -1.39. The van der Waals surface area contributed by atoms with Gasteiger partial charge in [0.2, 0.25) is 0 Å². The van der Waals surface area contributed by atoms with Crippen LogP contribution in [-0.4, -0.2) is 63.5 Å². The first-order valence-corrected chi connectivity index (χ1v) is 12.1. The van der Waals surface area contributed by atoms with Crippen molar-refractivity contribution < 1.29 is 4.55 Å². The van der Waals surface area contributed by atoms with Crippen LogP contribution < -0.4 is 14.9 Å². The Morgan fingerprint density at radius 3 is 2.41 bits per heavy atom. The molecule has 1 aromatic carbocycles. The van der Waals surface area contributed by atoms with Crippen molar-refractivity contribution in [1.82, 2.24) is 19.7 Å². The Balaban J connectivity index is 1.21. The van der Waals surface area contributed by atoms with Gasteiger partial charge in [0.05, 0.1) is 17.6 Å². The molecule has 0 radical (unpaired) electrons. The fourth-order valence-electron chi connectivity index (χ4n) is 3.88. The maximum absolute atomic E-state index is 12.7. The Kier molecular flexibility index (Phi) is 7.19. The van der Waals surface area contributed by atoms with E-state index in [1.165, 1.54) is 5.69 Å². The topological polar surface area (TPSA) is 84.3 Å². The number of anilines is 3. The number of hydrogen-bond acceptors (Lipinski definition) is 7. The number of piperazine rings is 1. The number of aryl methyl sites for hydroxylation is 2. The maximum Gasteiger partial charge on any atom is 0.198 e. The summed E-state index contributed by atoms with van der Waals surface area (Å²) in [7, 11) is 1.88. The highest BCUT2D eigenvalue weighted by molar-refractivity contribution is 7.92. The summed E-state index contributed by atoms with van der Waals surface area (Å²) < 4.78 is 17.5. The first kappa shape index (κ1) is 22.4. The van der Waals surface area contributed by atoms with Gasteiger partial charge in [-0.3, -0.25) is 9.58 Å². The highest BCUT2D eigenvalue weighted by Crippen LogP contribution is 2.23. The SMILES string of the molecule is Cc1nn(C)c(C)c1N[S+]([O-])c1ccc(NCCN2CCN(c3ccccc3)CC2)nc1. The number of rotatable bonds is 8. The highest BCUT2D eigenvalue weighted by Gasteiger charge is 2.19. The molecule has 4 rings (SSSR count). The molecular formula is C23H31N7OS. The van der Waals surface area contributed by atoms with E-state index in [1.54, 1.807) is 10.9 Å². The zero-order valence-electron chi connectivity index (χ0n) is 18.9. The fraction of sp³-hybridized carbons (Fsp3) is 0.391. The second-order valence-electron chi connectivity index (χ2n) is 8.01. The van der Waals surface area contributed by atoms with Crippen molar-refractivity contribution in [2.45, 2.75) is 18.7 Å². The lowest BCUT2D eigenvalue weighted by atomic mass is 10.2. The van der Waals surface area contributed by atoms with E-state index in [-0.39, 0.29) is 0 Å². The number of hydrogen-bond donors (Lipinski definition) is 2. The Morgan fingerprint density at radius 1 is 1.03 bits per heavy atom. The standard InChI is InChI=1S/C23H31N7OS/c1-18-23(19(2)28(3)26-18)27-32(31)21-9-10-22(25-17-21)24-11-12-29-13-15-30(16-14-29)20-7-5-4-6-8-20/h4-10,17,27H,11-16H2,1-3H3,(H,24,25). The molecule has 2 N–H and O–H groups in total. The summed E-state index contributed by atoms with van der Waals surface area (Å²) in [5.74, 6) is 0.794. The summed E-state index contributed by atoms with van der Waals surface area (Å²) in [6.45, 7) is 9.86. The monoisotopic (exact) mass is 453 g/mol. The smallest absolute Gasteiger partial charge is 0.198 e. The van der Waals surface area contributed by atoms with Gasteiger partial charge in [0.15, 0.2) is 4.90 Å². The second kappa shape index (κ2) is 10.2. The maximum atomic E-state index is 12.7. The molecule has 170 valence electrons. The molecule has 3 heterocycles. The molecule has 1 aliphatic heterocycles. The number of aromatic nitrogens is 3. The molecule has 0 spiro atoms. The van der Waals surface area contributed by atoms with Gasteiger partial charge in [-0.05, 0) is 32.0 Å². The van der Waals surface area contributed by atoms with Crippen molar-refractivity contribution in [3.8, 4) is 0 Å². The number of para-hydroxylation sites is 1. The zero-order chi connectivity index (χ0) is 22.5. The summed E-state index contributed by atoms with van der Waals surface area (Å²) in [5, 5.41) is 7.72. The molecule has 8 nitrogen and oxygen atoms in total. The third kappa shape index (κ3) is 5.35. The molecule has 1 aliphatic rings. The number of pyridine rings is 1. The van der Waals surface area contributed by atoms with Crippen molar-refractivity contribution in [1.29, 1.82) is 0 Å². The average Bonchev–Trinajstić information content (AvgIpc) is 3.06. The molecule has 9 heteroatoms. The molecule has 1 atom stereocenters. The van der Waals surface area contributed by atoms with Gasteiger partial charge in [-0.15, -0.1) is 0 Å². The minimum absolute atomic E-state index is 0.634. The Morgan fingerprint density at radius 2 is 1.78 bits per heavy atom. The molecule has 0 bridgehead atoms. The van der Waals surface area contributed by atoms with E-state index >= 15 is 0 Å². The van der Waals surface area contributed by atoms with E-state index in [0.717, 1.165) is 62.2 Å². The second-order valence-corrected chi connectivity index (χ2v) is 9.22. The van der Waals surface area contributed by atoms with Crippen molar-refractivity contribution in [3.05, 3.63) is 60.0 Å². The Bertz CT molecular complexity index is 1000. The molecule has 0 aliphatic carbocycles. The van der Waals surface area contributed by atoms with Gasteiger partial charge in [-0.2, -0.15) is 9.82 Å². The van der Waals surface area contributed by atoms with E-state index in [9.17, 15) is 4.55 Å². The first-order chi connectivity index (χ1) is 15.5. The first-order valence-electron chi connectivity index (χ1n) is 10.9. The molecule has 3 aromatic rings. The number of nitrogens with zero attached hydrogens (tertiary/aromatic N) is 5. The summed E-state index contributed by atoms with van der Waals surface area (Å²) in [6.07, 6.45) is 1.66. The van der Waals surface area contributed by atoms with Gasteiger partial charge in [0, 0.05) is 58.1 Å². The molecular weight excluding hydrogens is 422 g/mol. The van der Waals surface area contributed by atoms with Crippen molar-refractivity contribution >= 4 is 28.6 Å². The van der Waals surface area contributed by atoms with Gasteiger partial charge in [0.1, 0.15) is 22.9 Å². The van der Waals surface area contributed by atoms with Gasteiger partial charge >= 0.3 is 0 Å². The van der Waals surface area contributed by atoms with Crippen molar-refractivity contribution in [2.75, 3.05) is 54.2 Å². The van der Waals surface area contributed by atoms with E-state index in [4.69, 9.17) is 0 Å². The predicted octanol–water partition coefficient (Wildman–Crippen LogP) is 2.80. The highest BCUT2D eigenvalue weighted by atomic mass is 32.2. The summed E-state index contributed by atoms with van der Waals surface area (Å²) in [4.78, 5) is 9.98.